The maximum Gasteiger partial charge on any atom is 0.0601 e. The van der Waals surface area contributed by atoms with Crippen molar-refractivity contribution < 1.29 is 4.74 Å². The lowest BCUT2D eigenvalue weighted by Crippen LogP contribution is -2.45. The van der Waals surface area contributed by atoms with Crippen LogP contribution in [0, 0.1) is 5.92 Å². The van der Waals surface area contributed by atoms with Crippen LogP contribution in [0.15, 0.2) is 0 Å². The zero-order valence-corrected chi connectivity index (χ0v) is 13.4. The van der Waals surface area contributed by atoms with E-state index in [0.717, 1.165) is 19.1 Å². The lowest BCUT2D eigenvalue weighted by molar-refractivity contribution is -0.0162. The number of halogens is 1. The van der Waals surface area contributed by atoms with Gasteiger partial charge in [0.1, 0.15) is 0 Å². The Morgan fingerprint density at radius 3 is 2.68 bits per heavy atom. The molecule has 1 saturated carbocycles. The number of hydrogen-bond acceptors (Lipinski definition) is 3. The van der Waals surface area contributed by atoms with Crippen LogP contribution >= 0.6 is 12.4 Å². The molecular weight excluding hydrogens is 260 g/mol. The van der Waals surface area contributed by atoms with Crippen LogP contribution in [-0.4, -0.2) is 50.3 Å². The SMILES string of the molecule is CNC1CCCN(CCOC2CCCCC2C)C1.Cl. The molecule has 19 heavy (non-hydrogen) atoms. The first-order valence-corrected chi connectivity index (χ1v) is 7.81. The van der Waals surface area contributed by atoms with E-state index in [4.69, 9.17) is 4.74 Å². The van der Waals surface area contributed by atoms with Crippen molar-refractivity contribution >= 4 is 12.4 Å². The number of likely N-dealkylation sites (tertiary alicyclic amines) is 1. The number of hydrogen-bond donors (Lipinski definition) is 1. The van der Waals surface area contributed by atoms with Crippen LogP contribution in [-0.2, 0) is 4.74 Å². The summed E-state index contributed by atoms with van der Waals surface area (Å²) >= 11 is 0. The van der Waals surface area contributed by atoms with Gasteiger partial charge < -0.3 is 10.1 Å². The van der Waals surface area contributed by atoms with Crippen molar-refractivity contribution in [2.45, 2.75) is 57.6 Å². The maximum absolute atomic E-state index is 6.10. The van der Waals surface area contributed by atoms with Crippen molar-refractivity contribution in [3.63, 3.8) is 0 Å². The first kappa shape index (κ1) is 17.2. The van der Waals surface area contributed by atoms with Gasteiger partial charge in [0, 0.05) is 19.1 Å². The molecule has 114 valence electrons. The van der Waals surface area contributed by atoms with Gasteiger partial charge in [-0.15, -0.1) is 12.4 Å². The fraction of sp³-hybridized carbons (Fsp3) is 1.00. The maximum atomic E-state index is 6.10. The number of nitrogens with one attached hydrogen (secondary N) is 1. The Kier molecular flexibility index (Phi) is 8.31. The number of ether oxygens (including phenoxy) is 1. The Morgan fingerprint density at radius 2 is 1.95 bits per heavy atom. The molecule has 0 spiro atoms. The third-order valence-corrected chi connectivity index (χ3v) is 4.69. The summed E-state index contributed by atoms with van der Waals surface area (Å²) in [6.07, 6.45) is 8.58. The molecule has 3 nitrogen and oxygen atoms in total. The van der Waals surface area contributed by atoms with Crippen molar-refractivity contribution in [1.29, 1.82) is 0 Å². The second-order valence-electron chi connectivity index (χ2n) is 6.10. The predicted octanol–water partition coefficient (Wildman–Crippen LogP) is 2.69. The first-order valence-electron chi connectivity index (χ1n) is 7.81. The number of likely N-dealkylation sites (N-methyl/N-ethyl adjacent to an activating group) is 1. The Morgan fingerprint density at radius 1 is 1.16 bits per heavy atom. The largest absolute Gasteiger partial charge is 0.377 e. The Labute approximate surface area is 124 Å². The van der Waals surface area contributed by atoms with E-state index in [0.29, 0.717) is 12.1 Å². The molecule has 1 aliphatic heterocycles. The number of rotatable bonds is 5. The molecule has 0 aromatic heterocycles. The summed E-state index contributed by atoms with van der Waals surface area (Å²) in [5.41, 5.74) is 0. The number of piperidine rings is 1. The highest BCUT2D eigenvalue weighted by Crippen LogP contribution is 2.26. The van der Waals surface area contributed by atoms with Crippen LogP contribution < -0.4 is 5.32 Å². The zero-order chi connectivity index (χ0) is 12.8. The molecule has 1 N–H and O–H groups in total. The molecular formula is C15H31ClN2O. The van der Waals surface area contributed by atoms with E-state index in [1.807, 2.05) is 0 Å². The van der Waals surface area contributed by atoms with Crippen molar-refractivity contribution in [3.8, 4) is 0 Å². The summed E-state index contributed by atoms with van der Waals surface area (Å²) in [7, 11) is 2.08. The summed E-state index contributed by atoms with van der Waals surface area (Å²) in [4.78, 5) is 2.55. The monoisotopic (exact) mass is 290 g/mol. The lowest BCUT2D eigenvalue weighted by atomic mass is 9.88. The van der Waals surface area contributed by atoms with E-state index in [9.17, 15) is 0 Å². The normalized spacial score (nSPS) is 32.8. The molecule has 0 bridgehead atoms. The number of nitrogens with zero attached hydrogens (tertiary/aromatic N) is 1. The van der Waals surface area contributed by atoms with Gasteiger partial charge in [0.15, 0.2) is 0 Å². The molecule has 0 amide bonds. The minimum absolute atomic E-state index is 0. The van der Waals surface area contributed by atoms with Gasteiger partial charge >= 0.3 is 0 Å². The molecule has 2 fully saturated rings. The van der Waals surface area contributed by atoms with Gasteiger partial charge in [-0.25, -0.2) is 0 Å². The van der Waals surface area contributed by atoms with Crippen LogP contribution in [0.4, 0.5) is 0 Å². The minimum atomic E-state index is 0. The van der Waals surface area contributed by atoms with Crippen molar-refractivity contribution in [1.82, 2.24) is 10.2 Å². The second-order valence-corrected chi connectivity index (χ2v) is 6.10. The van der Waals surface area contributed by atoms with Crippen molar-refractivity contribution in [3.05, 3.63) is 0 Å². The highest BCUT2D eigenvalue weighted by Gasteiger charge is 2.22. The molecule has 4 heteroatoms. The Balaban J connectivity index is 0.00000180. The van der Waals surface area contributed by atoms with Gasteiger partial charge in [0.2, 0.25) is 0 Å². The standard InChI is InChI=1S/C15H30N2O.ClH/c1-13-6-3-4-8-15(13)18-11-10-17-9-5-7-14(12-17)16-2;/h13-16H,3-12H2,1-2H3;1H. The third kappa shape index (κ3) is 5.58. The van der Waals surface area contributed by atoms with Crippen LogP contribution in [0.1, 0.15) is 45.4 Å². The molecule has 1 aliphatic carbocycles. The minimum Gasteiger partial charge on any atom is -0.377 e. The molecule has 1 heterocycles. The van der Waals surface area contributed by atoms with Gasteiger partial charge in [-0.2, -0.15) is 0 Å². The highest BCUT2D eigenvalue weighted by atomic mass is 35.5. The van der Waals surface area contributed by atoms with Gasteiger partial charge in [0.05, 0.1) is 12.7 Å². The predicted molar refractivity (Wildman–Crippen MR) is 83.1 cm³/mol. The van der Waals surface area contributed by atoms with Gasteiger partial charge in [-0.3, -0.25) is 4.90 Å². The summed E-state index contributed by atoms with van der Waals surface area (Å²) in [5, 5.41) is 3.40. The summed E-state index contributed by atoms with van der Waals surface area (Å²) in [6.45, 7) is 6.83. The van der Waals surface area contributed by atoms with E-state index in [2.05, 4.69) is 24.2 Å². The van der Waals surface area contributed by atoms with Crippen molar-refractivity contribution in [2.75, 3.05) is 33.3 Å². The summed E-state index contributed by atoms with van der Waals surface area (Å²) < 4.78 is 6.10. The molecule has 0 aromatic carbocycles. The van der Waals surface area contributed by atoms with E-state index >= 15 is 0 Å². The molecule has 3 atom stereocenters. The molecule has 0 aromatic rings. The fourth-order valence-corrected chi connectivity index (χ4v) is 3.36. The van der Waals surface area contributed by atoms with E-state index < -0.39 is 0 Å². The second kappa shape index (κ2) is 9.17. The van der Waals surface area contributed by atoms with Crippen LogP contribution in [0.2, 0.25) is 0 Å². The quantitative estimate of drug-likeness (QED) is 0.842. The van der Waals surface area contributed by atoms with E-state index in [1.54, 1.807) is 0 Å². The van der Waals surface area contributed by atoms with Gasteiger partial charge in [-0.05, 0) is 45.2 Å². The molecule has 0 radical (unpaired) electrons. The van der Waals surface area contributed by atoms with Crippen LogP contribution in [0.3, 0.4) is 0 Å². The summed E-state index contributed by atoms with van der Waals surface area (Å²) in [6, 6.07) is 0.687. The van der Waals surface area contributed by atoms with E-state index in [-0.39, 0.29) is 12.4 Å². The van der Waals surface area contributed by atoms with Gasteiger partial charge in [-0.1, -0.05) is 19.8 Å². The molecule has 3 unspecified atom stereocenters. The van der Waals surface area contributed by atoms with Gasteiger partial charge in [0.25, 0.3) is 0 Å². The zero-order valence-electron chi connectivity index (χ0n) is 12.6. The first-order chi connectivity index (χ1) is 8.79. The van der Waals surface area contributed by atoms with Crippen LogP contribution in [0.5, 0.6) is 0 Å². The Bertz CT molecular complexity index is 240. The smallest absolute Gasteiger partial charge is 0.0601 e. The molecule has 2 aliphatic rings. The van der Waals surface area contributed by atoms with Crippen molar-refractivity contribution in [2.24, 2.45) is 5.92 Å². The average molecular weight is 291 g/mol. The molecule has 2 rings (SSSR count). The van der Waals surface area contributed by atoms with E-state index in [1.165, 1.54) is 51.6 Å². The third-order valence-electron chi connectivity index (χ3n) is 4.69. The molecule has 1 saturated heterocycles. The Hall–Kier alpha value is 0.170. The lowest BCUT2D eigenvalue weighted by Gasteiger charge is -2.34. The topological polar surface area (TPSA) is 24.5 Å². The highest BCUT2D eigenvalue weighted by molar-refractivity contribution is 5.85. The average Bonchev–Trinajstić information content (AvgIpc) is 2.41. The van der Waals surface area contributed by atoms with Crippen LogP contribution in [0.25, 0.3) is 0 Å². The fourth-order valence-electron chi connectivity index (χ4n) is 3.36. The summed E-state index contributed by atoms with van der Waals surface area (Å²) in [5.74, 6) is 0.769.